The molecule has 1 aromatic rings. The van der Waals surface area contributed by atoms with E-state index in [1.807, 2.05) is 0 Å². The molecule has 2 rings (SSSR count). The van der Waals surface area contributed by atoms with Crippen molar-refractivity contribution in [1.82, 2.24) is 10.2 Å². The van der Waals surface area contributed by atoms with Crippen LogP contribution >= 0.6 is 15.9 Å². The molecule has 1 saturated heterocycles. The molecule has 20 heavy (non-hydrogen) atoms. The average Bonchev–Trinajstić information content (AvgIpc) is 2.38. The quantitative estimate of drug-likeness (QED) is 0.750. The number of carboxylic acid groups (broad SMARTS) is 1. The summed E-state index contributed by atoms with van der Waals surface area (Å²) >= 11 is 3.22. The lowest BCUT2D eigenvalue weighted by Crippen LogP contribution is -2.51. The molecule has 0 spiro atoms. The van der Waals surface area contributed by atoms with Gasteiger partial charge in [-0.05, 0) is 18.2 Å². The molecule has 0 aliphatic carbocycles. The monoisotopic (exact) mass is 341 g/mol. The number of carbonyl (C=O) groups excluding carboxylic acids is 2. The maximum atomic E-state index is 12.0. The number of rotatable bonds is 2. The fraction of sp³-hybridized carbons (Fsp3) is 0.250. The van der Waals surface area contributed by atoms with Gasteiger partial charge in [-0.3, -0.25) is 4.79 Å². The van der Waals surface area contributed by atoms with Crippen molar-refractivity contribution in [2.75, 3.05) is 25.0 Å². The molecular formula is C12H12BrN3O4. The van der Waals surface area contributed by atoms with E-state index in [0.717, 1.165) is 0 Å². The minimum Gasteiger partial charge on any atom is -0.478 e. The van der Waals surface area contributed by atoms with Crippen molar-refractivity contribution in [3.8, 4) is 0 Å². The lowest BCUT2D eigenvalue weighted by Gasteiger charge is -2.27. The number of nitrogens with zero attached hydrogens (tertiary/aromatic N) is 1. The van der Waals surface area contributed by atoms with E-state index in [1.54, 1.807) is 6.07 Å². The molecule has 1 aromatic carbocycles. The van der Waals surface area contributed by atoms with Crippen LogP contribution in [0.25, 0.3) is 0 Å². The van der Waals surface area contributed by atoms with Crippen LogP contribution in [0.4, 0.5) is 10.5 Å². The van der Waals surface area contributed by atoms with Gasteiger partial charge in [0.2, 0.25) is 5.91 Å². The summed E-state index contributed by atoms with van der Waals surface area (Å²) in [5.74, 6) is -1.37. The average molecular weight is 342 g/mol. The lowest BCUT2D eigenvalue weighted by molar-refractivity contribution is -0.123. The summed E-state index contributed by atoms with van der Waals surface area (Å²) in [5.41, 5.74) is 0.172. The van der Waals surface area contributed by atoms with Crippen molar-refractivity contribution in [3.63, 3.8) is 0 Å². The first-order valence-electron chi connectivity index (χ1n) is 5.83. The lowest BCUT2D eigenvalue weighted by atomic mass is 10.2. The normalized spacial score (nSPS) is 14.7. The van der Waals surface area contributed by atoms with Crippen LogP contribution in [0.2, 0.25) is 0 Å². The van der Waals surface area contributed by atoms with Crippen LogP contribution in [0.5, 0.6) is 0 Å². The maximum absolute atomic E-state index is 12.0. The van der Waals surface area contributed by atoms with Crippen LogP contribution in [0.15, 0.2) is 22.7 Å². The molecule has 1 aliphatic heterocycles. The number of benzene rings is 1. The fourth-order valence-corrected chi connectivity index (χ4v) is 2.17. The second-order valence-electron chi connectivity index (χ2n) is 4.20. The smallest absolute Gasteiger partial charge is 0.337 e. The van der Waals surface area contributed by atoms with Crippen molar-refractivity contribution in [2.45, 2.75) is 0 Å². The van der Waals surface area contributed by atoms with E-state index in [1.165, 1.54) is 17.0 Å². The SMILES string of the molecule is O=C1CN(C(=O)Nc2cc(Br)ccc2C(=O)O)CCN1. The number of carbonyl (C=O) groups is 3. The molecule has 0 unspecified atom stereocenters. The van der Waals surface area contributed by atoms with Crippen molar-refractivity contribution in [2.24, 2.45) is 0 Å². The molecule has 3 amide bonds. The Bertz CT molecular complexity index is 576. The van der Waals surface area contributed by atoms with Crippen LogP contribution in [0.1, 0.15) is 10.4 Å². The zero-order valence-corrected chi connectivity index (χ0v) is 11.9. The molecule has 1 heterocycles. The molecule has 0 aromatic heterocycles. The molecule has 3 N–H and O–H groups in total. The van der Waals surface area contributed by atoms with E-state index in [4.69, 9.17) is 5.11 Å². The number of nitrogens with one attached hydrogen (secondary N) is 2. The summed E-state index contributed by atoms with van der Waals surface area (Å²) < 4.78 is 0.647. The number of aromatic carboxylic acids is 1. The molecule has 0 atom stereocenters. The van der Waals surface area contributed by atoms with Crippen LogP contribution in [-0.4, -0.2) is 47.5 Å². The Kier molecular flexibility index (Phi) is 4.23. The number of halogens is 1. The Hall–Kier alpha value is -2.09. The van der Waals surface area contributed by atoms with Gasteiger partial charge in [-0.1, -0.05) is 15.9 Å². The van der Waals surface area contributed by atoms with Gasteiger partial charge >= 0.3 is 12.0 Å². The first-order chi connectivity index (χ1) is 9.47. The Morgan fingerprint density at radius 3 is 2.80 bits per heavy atom. The number of anilines is 1. The standard InChI is InChI=1S/C12H12BrN3O4/c13-7-1-2-8(11(18)19)9(5-7)15-12(20)16-4-3-14-10(17)6-16/h1-2,5H,3-4,6H2,(H,14,17)(H,15,20)(H,18,19). The van der Waals surface area contributed by atoms with Crippen molar-refractivity contribution in [3.05, 3.63) is 28.2 Å². The Labute approximate surface area is 123 Å². The third kappa shape index (κ3) is 3.27. The van der Waals surface area contributed by atoms with Gasteiger partial charge in [0.25, 0.3) is 0 Å². The van der Waals surface area contributed by atoms with E-state index in [0.29, 0.717) is 17.6 Å². The van der Waals surface area contributed by atoms with Crippen molar-refractivity contribution < 1.29 is 19.5 Å². The van der Waals surface area contributed by atoms with Gasteiger partial charge in [0.15, 0.2) is 0 Å². The highest BCUT2D eigenvalue weighted by Gasteiger charge is 2.22. The van der Waals surface area contributed by atoms with Crippen LogP contribution in [0.3, 0.4) is 0 Å². The summed E-state index contributed by atoms with van der Waals surface area (Å²) in [6.07, 6.45) is 0. The highest BCUT2D eigenvalue weighted by Crippen LogP contribution is 2.22. The highest BCUT2D eigenvalue weighted by atomic mass is 79.9. The minimum atomic E-state index is -1.14. The Morgan fingerprint density at radius 2 is 2.15 bits per heavy atom. The molecule has 1 aliphatic rings. The van der Waals surface area contributed by atoms with E-state index in [9.17, 15) is 14.4 Å². The first-order valence-corrected chi connectivity index (χ1v) is 6.62. The highest BCUT2D eigenvalue weighted by molar-refractivity contribution is 9.10. The van der Waals surface area contributed by atoms with Gasteiger partial charge in [0, 0.05) is 17.6 Å². The number of hydrogen-bond donors (Lipinski definition) is 3. The Balaban J connectivity index is 2.16. The summed E-state index contributed by atoms with van der Waals surface area (Å²) in [4.78, 5) is 35.7. The first kappa shape index (κ1) is 14.3. The number of carboxylic acids is 1. The minimum absolute atomic E-state index is 0.0111. The zero-order chi connectivity index (χ0) is 14.7. The molecule has 0 saturated carbocycles. The predicted octanol–water partition coefficient (Wildman–Crippen LogP) is 1.11. The third-order valence-electron chi connectivity index (χ3n) is 2.78. The summed E-state index contributed by atoms with van der Waals surface area (Å²) in [6, 6.07) is 3.98. The second-order valence-corrected chi connectivity index (χ2v) is 5.11. The molecule has 0 radical (unpaired) electrons. The van der Waals surface area contributed by atoms with E-state index < -0.39 is 12.0 Å². The summed E-state index contributed by atoms with van der Waals surface area (Å²) in [6.45, 7) is 0.729. The summed E-state index contributed by atoms with van der Waals surface area (Å²) in [7, 11) is 0. The van der Waals surface area contributed by atoms with Gasteiger partial charge in [-0.15, -0.1) is 0 Å². The fourth-order valence-electron chi connectivity index (χ4n) is 1.81. The summed E-state index contributed by atoms with van der Waals surface area (Å²) in [5, 5.41) is 14.2. The van der Waals surface area contributed by atoms with Gasteiger partial charge in [0.1, 0.15) is 6.54 Å². The van der Waals surface area contributed by atoms with Gasteiger partial charge in [-0.2, -0.15) is 0 Å². The molecule has 0 bridgehead atoms. The third-order valence-corrected chi connectivity index (χ3v) is 3.27. The largest absolute Gasteiger partial charge is 0.478 e. The van der Waals surface area contributed by atoms with E-state index in [2.05, 4.69) is 26.6 Å². The maximum Gasteiger partial charge on any atom is 0.337 e. The van der Waals surface area contributed by atoms with E-state index in [-0.39, 0.29) is 23.7 Å². The second kappa shape index (κ2) is 5.91. The van der Waals surface area contributed by atoms with Gasteiger partial charge < -0.3 is 20.6 Å². The molecule has 8 heteroatoms. The van der Waals surface area contributed by atoms with Crippen molar-refractivity contribution >= 4 is 39.5 Å². The molecule has 7 nitrogen and oxygen atoms in total. The molecule has 1 fully saturated rings. The van der Waals surface area contributed by atoms with E-state index >= 15 is 0 Å². The molecule has 106 valence electrons. The van der Waals surface area contributed by atoms with Crippen LogP contribution in [-0.2, 0) is 4.79 Å². The topological polar surface area (TPSA) is 98.7 Å². The number of hydrogen-bond acceptors (Lipinski definition) is 3. The number of urea groups is 1. The zero-order valence-electron chi connectivity index (χ0n) is 10.4. The van der Waals surface area contributed by atoms with Gasteiger partial charge in [-0.25, -0.2) is 9.59 Å². The van der Waals surface area contributed by atoms with Crippen LogP contribution < -0.4 is 10.6 Å². The van der Waals surface area contributed by atoms with Crippen molar-refractivity contribution in [1.29, 1.82) is 0 Å². The van der Waals surface area contributed by atoms with Crippen LogP contribution in [0, 0.1) is 0 Å². The molecular weight excluding hydrogens is 330 g/mol. The number of amides is 3. The van der Waals surface area contributed by atoms with Gasteiger partial charge in [0.05, 0.1) is 11.3 Å². The number of piperazine rings is 1. The predicted molar refractivity (Wildman–Crippen MR) is 74.7 cm³/mol. The Morgan fingerprint density at radius 1 is 1.40 bits per heavy atom.